The summed E-state index contributed by atoms with van der Waals surface area (Å²) in [7, 11) is 2.01. The Kier molecular flexibility index (Phi) is 3.81. The number of nitrogens with two attached hydrogens (primary N) is 1. The first-order valence-electron chi connectivity index (χ1n) is 6.67. The van der Waals surface area contributed by atoms with E-state index in [0.717, 1.165) is 5.69 Å². The Balaban J connectivity index is 2.15. The summed E-state index contributed by atoms with van der Waals surface area (Å²) in [6.07, 6.45) is 0. The molecule has 5 heteroatoms. The molecule has 20 heavy (non-hydrogen) atoms. The number of aryl methyl sites for hydroxylation is 2. The average Bonchev–Trinajstić information content (AvgIpc) is 2.75. The Bertz CT molecular complexity index is 578. The van der Waals surface area contributed by atoms with Crippen molar-refractivity contribution in [3.8, 4) is 0 Å². The summed E-state index contributed by atoms with van der Waals surface area (Å²) in [5.41, 5.74) is 8.98. The van der Waals surface area contributed by atoms with Crippen LogP contribution in [0.1, 0.15) is 36.7 Å². The molecule has 0 aliphatic rings. The predicted molar refractivity (Wildman–Crippen MR) is 79.5 cm³/mol. The summed E-state index contributed by atoms with van der Waals surface area (Å²) in [6, 6.07) is 6.42. The minimum atomic E-state index is -0.583. The zero-order valence-electron chi connectivity index (χ0n) is 12.8. The molecule has 0 saturated heterocycles. The minimum absolute atomic E-state index is 0.529. The van der Waals surface area contributed by atoms with E-state index in [2.05, 4.69) is 47.1 Å². The fraction of sp³-hybridized carbons (Fsp3) is 0.467. The summed E-state index contributed by atoms with van der Waals surface area (Å²) in [5.74, 6) is 1.10. The summed E-state index contributed by atoms with van der Waals surface area (Å²) < 4.78 is 5.26. The van der Waals surface area contributed by atoms with Crippen LogP contribution in [0.4, 0.5) is 5.69 Å². The van der Waals surface area contributed by atoms with Gasteiger partial charge in [-0.3, -0.25) is 0 Å². The molecule has 0 aliphatic carbocycles. The van der Waals surface area contributed by atoms with E-state index in [0.29, 0.717) is 18.3 Å². The molecule has 0 atom stereocenters. The molecule has 108 valence electrons. The first kappa shape index (κ1) is 14.5. The number of benzene rings is 1. The maximum Gasteiger partial charge on any atom is 0.246 e. The van der Waals surface area contributed by atoms with E-state index in [1.165, 1.54) is 11.1 Å². The standard InChI is InChI=1S/C15H22N4O/c1-10-6-11(2)8-12(7-10)19(5)9-13-17-14(18-20-13)15(3,4)16/h6-8H,9,16H2,1-5H3. The van der Waals surface area contributed by atoms with Crippen molar-refractivity contribution in [1.82, 2.24) is 10.1 Å². The van der Waals surface area contributed by atoms with Gasteiger partial charge in [0.2, 0.25) is 5.89 Å². The maximum absolute atomic E-state index is 5.95. The van der Waals surface area contributed by atoms with Crippen molar-refractivity contribution in [3.05, 3.63) is 41.0 Å². The van der Waals surface area contributed by atoms with Crippen LogP contribution >= 0.6 is 0 Å². The lowest BCUT2D eigenvalue weighted by Crippen LogP contribution is -2.30. The zero-order valence-corrected chi connectivity index (χ0v) is 12.8. The van der Waals surface area contributed by atoms with Gasteiger partial charge in [0.25, 0.3) is 0 Å². The fourth-order valence-corrected chi connectivity index (χ4v) is 2.05. The van der Waals surface area contributed by atoms with E-state index in [4.69, 9.17) is 10.3 Å². The van der Waals surface area contributed by atoms with Crippen LogP contribution in [-0.2, 0) is 12.1 Å². The lowest BCUT2D eigenvalue weighted by Gasteiger charge is -2.18. The van der Waals surface area contributed by atoms with Gasteiger partial charge < -0.3 is 15.2 Å². The molecule has 0 bridgehead atoms. The number of anilines is 1. The maximum atomic E-state index is 5.95. The van der Waals surface area contributed by atoms with Crippen molar-refractivity contribution in [2.75, 3.05) is 11.9 Å². The molecule has 0 aliphatic heterocycles. The molecule has 1 heterocycles. The minimum Gasteiger partial charge on any atom is -0.365 e. The van der Waals surface area contributed by atoms with Crippen LogP contribution < -0.4 is 10.6 Å². The van der Waals surface area contributed by atoms with E-state index in [-0.39, 0.29) is 0 Å². The topological polar surface area (TPSA) is 68.2 Å². The normalized spacial score (nSPS) is 11.7. The van der Waals surface area contributed by atoms with Crippen LogP contribution in [-0.4, -0.2) is 17.2 Å². The van der Waals surface area contributed by atoms with Gasteiger partial charge in [0.1, 0.15) is 0 Å². The van der Waals surface area contributed by atoms with Gasteiger partial charge >= 0.3 is 0 Å². The first-order valence-corrected chi connectivity index (χ1v) is 6.67. The highest BCUT2D eigenvalue weighted by molar-refractivity contribution is 5.50. The third-order valence-electron chi connectivity index (χ3n) is 3.06. The third kappa shape index (κ3) is 3.36. The molecule has 1 aromatic carbocycles. The van der Waals surface area contributed by atoms with Crippen LogP contribution in [0.3, 0.4) is 0 Å². The highest BCUT2D eigenvalue weighted by atomic mass is 16.5. The van der Waals surface area contributed by atoms with Crippen molar-refractivity contribution in [2.45, 2.75) is 39.8 Å². The Morgan fingerprint density at radius 2 is 1.80 bits per heavy atom. The molecular weight excluding hydrogens is 252 g/mol. The smallest absolute Gasteiger partial charge is 0.246 e. The van der Waals surface area contributed by atoms with E-state index in [1.807, 2.05) is 20.9 Å². The molecule has 2 rings (SSSR count). The summed E-state index contributed by atoms with van der Waals surface area (Å²) >= 11 is 0. The number of hydrogen-bond donors (Lipinski definition) is 1. The van der Waals surface area contributed by atoms with Gasteiger partial charge in [0.05, 0.1) is 12.1 Å². The molecule has 0 saturated carbocycles. The van der Waals surface area contributed by atoms with Crippen molar-refractivity contribution in [1.29, 1.82) is 0 Å². The van der Waals surface area contributed by atoms with Crippen molar-refractivity contribution in [2.24, 2.45) is 5.73 Å². The van der Waals surface area contributed by atoms with Crippen molar-refractivity contribution < 1.29 is 4.52 Å². The number of aromatic nitrogens is 2. The first-order chi connectivity index (χ1) is 9.25. The molecule has 0 amide bonds. The largest absolute Gasteiger partial charge is 0.365 e. The molecule has 0 spiro atoms. The second kappa shape index (κ2) is 5.25. The quantitative estimate of drug-likeness (QED) is 0.927. The predicted octanol–water partition coefficient (Wildman–Crippen LogP) is 2.52. The molecule has 0 fully saturated rings. The third-order valence-corrected chi connectivity index (χ3v) is 3.06. The van der Waals surface area contributed by atoms with Gasteiger partial charge in [-0.25, -0.2) is 0 Å². The molecule has 1 aromatic heterocycles. The zero-order chi connectivity index (χ0) is 14.9. The molecular formula is C15H22N4O. The van der Waals surface area contributed by atoms with Crippen LogP contribution in [0, 0.1) is 13.8 Å². The Morgan fingerprint density at radius 1 is 1.20 bits per heavy atom. The van der Waals surface area contributed by atoms with Gasteiger partial charge in [0, 0.05) is 12.7 Å². The Labute approximate surface area is 119 Å². The van der Waals surface area contributed by atoms with Crippen LogP contribution in [0.25, 0.3) is 0 Å². The van der Waals surface area contributed by atoms with Crippen LogP contribution in [0.2, 0.25) is 0 Å². The summed E-state index contributed by atoms with van der Waals surface area (Å²) in [5, 5.41) is 3.93. The van der Waals surface area contributed by atoms with E-state index < -0.39 is 5.54 Å². The van der Waals surface area contributed by atoms with Crippen LogP contribution in [0.5, 0.6) is 0 Å². The molecule has 0 radical (unpaired) electrons. The summed E-state index contributed by atoms with van der Waals surface area (Å²) in [6.45, 7) is 8.45. The van der Waals surface area contributed by atoms with Crippen LogP contribution in [0.15, 0.2) is 22.7 Å². The highest BCUT2D eigenvalue weighted by Crippen LogP contribution is 2.20. The second-order valence-electron chi connectivity index (χ2n) is 5.94. The monoisotopic (exact) mass is 274 g/mol. The van der Waals surface area contributed by atoms with Crippen molar-refractivity contribution in [3.63, 3.8) is 0 Å². The van der Waals surface area contributed by atoms with E-state index >= 15 is 0 Å². The van der Waals surface area contributed by atoms with E-state index in [9.17, 15) is 0 Å². The lowest BCUT2D eigenvalue weighted by molar-refractivity contribution is 0.360. The fourth-order valence-electron chi connectivity index (χ4n) is 2.05. The number of rotatable bonds is 4. The van der Waals surface area contributed by atoms with Gasteiger partial charge in [-0.1, -0.05) is 11.2 Å². The Hall–Kier alpha value is -1.88. The average molecular weight is 274 g/mol. The highest BCUT2D eigenvalue weighted by Gasteiger charge is 2.21. The molecule has 5 nitrogen and oxygen atoms in total. The second-order valence-corrected chi connectivity index (χ2v) is 5.94. The van der Waals surface area contributed by atoms with Crippen molar-refractivity contribution >= 4 is 5.69 Å². The Morgan fingerprint density at radius 3 is 2.30 bits per heavy atom. The van der Waals surface area contributed by atoms with Gasteiger partial charge in [0.15, 0.2) is 5.82 Å². The lowest BCUT2D eigenvalue weighted by atomic mass is 10.1. The molecule has 0 unspecified atom stereocenters. The summed E-state index contributed by atoms with van der Waals surface area (Å²) in [4.78, 5) is 6.43. The van der Waals surface area contributed by atoms with Gasteiger partial charge in [-0.15, -0.1) is 0 Å². The molecule has 2 aromatic rings. The van der Waals surface area contributed by atoms with Gasteiger partial charge in [-0.2, -0.15) is 4.98 Å². The molecule has 2 N–H and O–H groups in total. The van der Waals surface area contributed by atoms with Gasteiger partial charge in [-0.05, 0) is 51.0 Å². The SMILES string of the molecule is Cc1cc(C)cc(N(C)Cc2nc(C(C)(C)N)no2)c1. The number of nitrogens with zero attached hydrogens (tertiary/aromatic N) is 3. The number of hydrogen-bond acceptors (Lipinski definition) is 5. The van der Waals surface area contributed by atoms with E-state index in [1.54, 1.807) is 0 Å².